The lowest BCUT2D eigenvalue weighted by atomic mass is 10.2. The van der Waals surface area contributed by atoms with Crippen molar-refractivity contribution >= 4 is 35.3 Å². The molecule has 0 aliphatic heterocycles. The topological polar surface area (TPSA) is 112 Å². The highest BCUT2D eigenvalue weighted by Gasteiger charge is 2.21. The molecule has 0 bridgehead atoms. The minimum absolute atomic E-state index is 0.167. The summed E-state index contributed by atoms with van der Waals surface area (Å²) in [6.45, 7) is 1.69. The number of methoxy groups -OCH3 is 1. The minimum atomic E-state index is -0.603. The number of esters is 1. The van der Waals surface area contributed by atoms with E-state index in [4.69, 9.17) is 5.73 Å². The molecule has 2 rings (SSSR count). The van der Waals surface area contributed by atoms with Crippen molar-refractivity contribution in [1.82, 2.24) is 14.8 Å². The van der Waals surface area contributed by atoms with E-state index < -0.39 is 12.0 Å². The van der Waals surface area contributed by atoms with Gasteiger partial charge in [0.05, 0.1) is 12.7 Å². The van der Waals surface area contributed by atoms with Crippen molar-refractivity contribution in [2.45, 2.75) is 18.1 Å². The fraction of sp³-hybridized carbons (Fsp3) is 0.286. The number of hydrogen-bond donors (Lipinski definition) is 2. The molecule has 0 fully saturated rings. The van der Waals surface area contributed by atoms with E-state index in [0.29, 0.717) is 16.4 Å². The van der Waals surface area contributed by atoms with E-state index in [1.165, 1.54) is 18.9 Å². The van der Waals surface area contributed by atoms with Crippen molar-refractivity contribution in [3.05, 3.63) is 29.8 Å². The lowest BCUT2D eigenvalue weighted by Gasteiger charge is -2.16. The predicted molar refractivity (Wildman–Crippen MR) is 87.3 cm³/mol. The van der Waals surface area contributed by atoms with E-state index in [1.54, 1.807) is 35.8 Å². The number of hydrogen-bond acceptors (Lipinski definition) is 7. The Hall–Kier alpha value is -2.55. The lowest BCUT2D eigenvalue weighted by Crippen LogP contribution is -2.25. The number of anilines is 2. The SMILES string of the molecule is COC(=O)c1cccc(NC(=O)C(C)n2c(N)nnc2SC)c1. The highest BCUT2D eigenvalue weighted by Crippen LogP contribution is 2.22. The molecular weight excluding hydrogens is 318 g/mol. The highest BCUT2D eigenvalue weighted by atomic mass is 32.2. The molecule has 1 heterocycles. The van der Waals surface area contributed by atoms with Crippen LogP contribution < -0.4 is 11.1 Å². The van der Waals surface area contributed by atoms with Crippen molar-refractivity contribution < 1.29 is 14.3 Å². The van der Waals surface area contributed by atoms with Gasteiger partial charge < -0.3 is 15.8 Å². The Morgan fingerprint density at radius 3 is 2.78 bits per heavy atom. The molecule has 0 saturated carbocycles. The molecule has 0 aliphatic rings. The maximum atomic E-state index is 12.4. The molecule has 9 heteroatoms. The third-order valence-corrected chi connectivity index (χ3v) is 3.83. The minimum Gasteiger partial charge on any atom is -0.465 e. The summed E-state index contributed by atoms with van der Waals surface area (Å²) >= 11 is 1.35. The number of nitrogens with zero attached hydrogens (tertiary/aromatic N) is 3. The number of nitrogens with two attached hydrogens (primary N) is 1. The Labute approximate surface area is 137 Å². The Morgan fingerprint density at radius 2 is 2.13 bits per heavy atom. The molecule has 2 aromatic rings. The molecule has 3 N–H and O–H groups in total. The summed E-state index contributed by atoms with van der Waals surface area (Å²) in [4.78, 5) is 23.9. The van der Waals surface area contributed by atoms with E-state index in [9.17, 15) is 9.59 Å². The van der Waals surface area contributed by atoms with Crippen LogP contribution in [-0.2, 0) is 9.53 Å². The van der Waals surface area contributed by atoms with Crippen LogP contribution in [0.1, 0.15) is 23.3 Å². The number of benzene rings is 1. The Kier molecular flexibility index (Phi) is 5.22. The van der Waals surface area contributed by atoms with Gasteiger partial charge in [0.1, 0.15) is 6.04 Å². The molecule has 0 saturated heterocycles. The maximum Gasteiger partial charge on any atom is 0.337 e. The van der Waals surface area contributed by atoms with Crippen LogP contribution in [-0.4, -0.2) is 40.0 Å². The number of aromatic nitrogens is 3. The molecule has 1 aromatic carbocycles. The third-order valence-electron chi connectivity index (χ3n) is 3.19. The number of nitrogens with one attached hydrogen (secondary N) is 1. The van der Waals surface area contributed by atoms with Crippen LogP contribution in [0.2, 0.25) is 0 Å². The molecule has 1 atom stereocenters. The van der Waals surface area contributed by atoms with Crippen LogP contribution in [0, 0.1) is 0 Å². The summed E-state index contributed by atoms with van der Waals surface area (Å²) in [6, 6.07) is 5.89. The van der Waals surface area contributed by atoms with Crippen molar-refractivity contribution in [2.75, 3.05) is 24.4 Å². The summed E-state index contributed by atoms with van der Waals surface area (Å²) < 4.78 is 6.20. The average molecular weight is 335 g/mol. The third kappa shape index (κ3) is 3.62. The lowest BCUT2D eigenvalue weighted by molar-refractivity contribution is -0.118. The van der Waals surface area contributed by atoms with E-state index in [-0.39, 0.29) is 11.9 Å². The van der Waals surface area contributed by atoms with Crippen molar-refractivity contribution in [3.8, 4) is 0 Å². The molecule has 1 unspecified atom stereocenters. The molecule has 1 aromatic heterocycles. The fourth-order valence-corrected chi connectivity index (χ4v) is 2.57. The van der Waals surface area contributed by atoms with E-state index in [2.05, 4.69) is 20.3 Å². The Bertz CT molecular complexity index is 731. The molecule has 0 spiro atoms. The zero-order valence-electron chi connectivity index (χ0n) is 12.9. The number of amides is 1. The number of thioether (sulfide) groups is 1. The van der Waals surface area contributed by atoms with Crippen molar-refractivity contribution in [1.29, 1.82) is 0 Å². The van der Waals surface area contributed by atoms with E-state index in [1.807, 2.05) is 6.26 Å². The summed E-state index contributed by atoms with van der Waals surface area (Å²) in [5, 5.41) is 11.0. The predicted octanol–water partition coefficient (Wildman–Crippen LogP) is 1.57. The first-order chi connectivity index (χ1) is 11.0. The average Bonchev–Trinajstić information content (AvgIpc) is 2.94. The van der Waals surface area contributed by atoms with Crippen LogP contribution in [0.3, 0.4) is 0 Å². The van der Waals surface area contributed by atoms with Gasteiger partial charge in [-0.1, -0.05) is 17.8 Å². The second-order valence-electron chi connectivity index (χ2n) is 4.65. The van der Waals surface area contributed by atoms with Crippen LogP contribution >= 0.6 is 11.8 Å². The van der Waals surface area contributed by atoms with Gasteiger partial charge in [-0.15, -0.1) is 10.2 Å². The second-order valence-corrected chi connectivity index (χ2v) is 5.43. The molecule has 8 nitrogen and oxygen atoms in total. The zero-order chi connectivity index (χ0) is 17.0. The van der Waals surface area contributed by atoms with Gasteiger partial charge in [0, 0.05) is 5.69 Å². The van der Waals surface area contributed by atoms with Crippen molar-refractivity contribution in [2.24, 2.45) is 0 Å². The molecular formula is C14H17N5O3S. The molecule has 0 radical (unpaired) electrons. The summed E-state index contributed by atoms with van der Waals surface area (Å²) in [5.41, 5.74) is 6.61. The number of carbonyl (C=O) groups excluding carboxylic acids is 2. The molecule has 0 aliphatic carbocycles. The van der Waals surface area contributed by atoms with Crippen molar-refractivity contribution in [3.63, 3.8) is 0 Å². The van der Waals surface area contributed by atoms with Gasteiger partial charge in [-0.2, -0.15) is 0 Å². The highest BCUT2D eigenvalue weighted by molar-refractivity contribution is 7.98. The summed E-state index contributed by atoms with van der Waals surface area (Å²) in [7, 11) is 1.30. The van der Waals surface area contributed by atoms with Gasteiger partial charge >= 0.3 is 5.97 Å². The number of nitrogen functional groups attached to an aromatic ring is 1. The van der Waals surface area contributed by atoms with Gasteiger partial charge in [0.15, 0.2) is 5.16 Å². The van der Waals surface area contributed by atoms with Crippen LogP contribution in [0.25, 0.3) is 0 Å². The maximum absolute atomic E-state index is 12.4. The first-order valence-electron chi connectivity index (χ1n) is 6.71. The fourth-order valence-electron chi connectivity index (χ4n) is 2.00. The van der Waals surface area contributed by atoms with E-state index >= 15 is 0 Å². The normalized spacial score (nSPS) is 11.8. The largest absolute Gasteiger partial charge is 0.465 e. The van der Waals surface area contributed by atoms with Gasteiger partial charge in [-0.3, -0.25) is 9.36 Å². The van der Waals surface area contributed by atoms with Crippen LogP contribution in [0.5, 0.6) is 0 Å². The molecule has 122 valence electrons. The van der Waals surface area contributed by atoms with Crippen LogP contribution in [0.15, 0.2) is 29.4 Å². The molecule has 1 amide bonds. The summed E-state index contributed by atoms with van der Waals surface area (Å²) in [6.07, 6.45) is 1.82. The first kappa shape index (κ1) is 16.8. The number of rotatable bonds is 5. The van der Waals surface area contributed by atoms with Gasteiger partial charge in [-0.05, 0) is 31.4 Å². The van der Waals surface area contributed by atoms with Gasteiger partial charge in [0.2, 0.25) is 11.9 Å². The quantitative estimate of drug-likeness (QED) is 0.630. The zero-order valence-corrected chi connectivity index (χ0v) is 13.8. The first-order valence-corrected chi connectivity index (χ1v) is 7.94. The monoisotopic (exact) mass is 335 g/mol. The Morgan fingerprint density at radius 1 is 1.39 bits per heavy atom. The van der Waals surface area contributed by atoms with Crippen LogP contribution in [0.4, 0.5) is 11.6 Å². The summed E-state index contributed by atoms with van der Waals surface area (Å²) in [5.74, 6) is -0.601. The van der Waals surface area contributed by atoms with Gasteiger partial charge in [0.25, 0.3) is 0 Å². The van der Waals surface area contributed by atoms with Gasteiger partial charge in [-0.25, -0.2) is 4.79 Å². The second kappa shape index (κ2) is 7.14. The van der Waals surface area contributed by atoms with E-state index in [0.717, 1.165) is 0 Å². The number of carbonyl (C=O) groups is 2. The molecule has 23 heavy (non-hydrogen) atoms. The smallest absolute Gasteiger partial charge is 0.337 e. The standard InChI is InChI=1S/C14H17N5O3S/c1-8(19-13(15)17-18-14(19)23-3)11(20)16-10-6-4-5-9(7-10)12(21)22-2/h4-8H,1-3H3,(H2,15,17)(H,16,20). The Balaban J connectivity index is 2.18. The number of ether oxygens (including phenoxy) is 1.